The zero-order valence-electron chi connectivity index (χ0n) is 10.2. The van der Waals surface area contributed by atoms with Crippen LogP contribution in [0.3, 0.4) is 0 Å². The van der Waals surface area contributed by atoms with E-state index in [1.165, 1.54) is 0 Å². The summed E-state index contributed by atoms with van der Waals surface area (Å²) < 4.78 is 0. The fourth-order valence-electron chi connectivity index (χ4n) is 1.47. The smallest absolute Gasteiger partial charge is 0.335 e. The van der Waals surface area contributed by atoms with E-state index in [2.05, 4.69) is 4.98 Å². The number of benzene rings is 1. The molecule has 2 rings (SSSR count). The zero-order valence-corrected chi connectivity index (χ0v) is 11.8. The number of carboxylic acids is 1. The lowest BCUT2D eigenvalue weighted by Gasteiger charge is -2.02. The number of aromatic carboxylic acids is 1. The third-order valence-corrected chi connectivity index (χ3v) is 4.72. The predicted molar refractivity (Wildman–Crippen MR) is 79.7 cm³/mol. The Kier molecular flexibility index (Phi) is 5.30. The first-order valence-electron chi connectivity index (χ1n) is 5.78. The molecule has 1 N–H and O–H groups in total. The highest BCUT2D eigenvalue weighted by atomic mass is 33.1. The number of rotatable bonds is 6. The molecule has 0 bridgehead atoms. The molecule has 5 heteroatoms. The van der Waals surface area contributed by atoms with Crippen LogP contribution in [0, 0.1) is 0 Å². The highest BCUT2D eigenvalue weighted by Gasteiger charge is 2.02. The molecule has 19 heavy (non-hydrogen) atoms. The van der Waals surface area contributed by atoms with Crippen LogP contribution in [0.2, 0.25) is 0 Å². The predicted octanol–water partition coefficient (Wildman–Crippen LogP) is 3.76. The van der Waals surface area contributed by atoms with Crippen molar-refractivity contribution in [1.82, 2.24) is 4.98 Å². The monoisotopic (exact) mass is 291 g/mol. The number of aromatic nitrogens is 1. The Labute approximate surface area is 119 Å². The van der Waals surface area contributed by atoms with E-state index in [0.717, 1.165) is 22.8 Å². The van der Waals surface area contributed by atoms with Gasteiger partial charge < -0.3 is 5.11 Å². The van der Waals surface area contributed by atoms with Gasteiger partial charge in [-0.1, -0.05) is 29.0 Å². The maximum atomic E-state index is 10.7. The fraction of sp³-hybridized carbons (Fsp3) is 0.143. The Bertz CT molecular complexity index is 529. The molecule has 1 aromatic heterocycles. The molecule has 0 amide bonds. The molecule has 1 aromatic carbocycles. The summed E-state index contributed by atoms with van der Waals surface area (Å²) in [5.41, 5.74) is 1.48. The molecule has 0 spiro atoms. The number of hydrogen-bond acceptors (Lipinski definition) is 4. The summed E-state index contributed by atoms with van der Waals surface area (Å²) in [4.78, 5) is 14.9. The first kappa shape index (κ1) is 14.0. The lowest BCUT2D eigenvalue weighted by atomic mass is 10.1. The molecule has 0 radical (unpaired) electrons. The van der Waals surface area contributed by atoms with Gasteiger partial charge in [-0.2, -0.15) is 0 Å². The average Bonchev–Trinajstić information content (AvgIpc) is 2.45. The van der Waals surface area contributed by atoms with Crippen molar-refractivity contribution in [3.63, 3.8) is 0 Å². The minimum atomic E-state index is -0.883. The van der Waals surface area contributed by atoms with E-state index in [-0.39, 0.29) is 0 Å². The molecular weight excluding hydrogens is 278 g/mol. The van der Waals surface area contributed by atoms with E-state index >= 15 is 0 Å². The highest BCUT2D eigenvalue weighted by molar-refractivity contribution is 8.76. The lowest BCUT2D eigenvalue weighted by molar-refractivity contribution is 0.0697. The number of carbonyl (C=O) groups is 1. The molecule has 1 heterocycles. The second-order valence-corrected chi connectivity index (χ2v) is 6.26. The molecule has 0 saturated heterocycles. The van der Waals surface area contributed by atoms with Crippen molar-refractivity contribution in [1.29, 1.82) is 0 Å². The maximum Gasteiger partial charge on any atom is 0.335 e. The molecule has 0 aliphatic heterocycles. The van der Waals surface area contributed by atoms with Crippen LogP contribution in [0.1, 0.15) is 15.9 Å². The summed E-state index contributed by atoms with van der Waals surface area (Å²) in [5, 5.41) is 9.81. The van der Waals surface area contributed by atoms with Gasteiger partial charge in [0.25, 0.3) is 0 Å². The Balaban J connectivity index is 1.75. The van der Waals surface area contributed by atoms with E-state index in [1.54, 1.807) is 39.9 Å². The van der Waals surface area contributed by atoms with Crippen molar-refractivity contribution >= 4 is 27.6 Å². The van der Waals surface area contributed by atoms with Gasteiger partial charge in [-0.25, -0.2) is 9.78 Å². The van der Waals surface area contributed by atoms with Crippen LogP contribution in [0.5, 0.6) is 0 Å². The topological polar surface area (TPSA) is 50.2 Å². The molecule has 0 aliphatic rings. The van der Waals surface area contributed by atoms with Crippen LogP contribution in [-0.4, -0.2) is 21.8 Å². The van der Waals surface area contributed by atoms with Crippen molar-refractivity contribution in [2.75, 3.05) is 5.75 Å². The third kappa shape index (κ3) is 4.61. The Morgan fingerprint density at radius 2 is 1.95 bits per heavy atom. The van der Waals surface area contributed by atoms with Crippen molar-refractivity contribution < 1.29 is 9.90 Å². The molecule has 0 aliphatic carbocycles. The largest absolute Gasteiger partial charge is 0.478 e. The number of pyridine rings is 1. The summed E-state index contributed by atoms with van der Waals surface area (Å²) in [6.45, 7) is 0. The van der Waals surface area contributed by atoms with Crippen LogP contribution < -0.4 is 0 Å². The summed E-state index contributed by atoms with van der Waals surface area (Å²) in [5.74, 6) is 0.0832. The molecule has 0 unspecified atom stereocenters. The Morgan fingerprint density at radius 3 is 2.58 bits per heavy atom. The van der Waals surface area contributed by atoms with E-state index in [0.29, 0.717) is 5.56 Å². The molecule has 0 atom stereocenters. The quantitative estimate of drug-likeness (QED) is 0.648. The number of aryl methyl sites for hydroxylation is 1. The fourth-order valence-corrected chi connectivity index (χ4v) is 3.39. The van der Waals surface area contributed by atoms with Crippen LogP contribution in [0.15, 0.2) is 53.7 Å². The van der Waals surface area contributed by atoms with Gasteiger partial charge >= 0.3 is 5.97 Å². The van der Waals surface area contributed by atoms with E-state index in [1.807, 2.05) is 30.3 Å². The Morgan fingerprint density at radius 1 is 1.16 bits per heavy atom. The number of nitrogens with zero attached hydrogens (tertiary/aromatic N) is 1. The molecule has 0 saturated carbocycles. The van der Waals surface area contributed by atoms with Crippen molar-refractivity contribution in [2.45, 2.75) is 11.4 Å². The van der Waals surface area contributed by atoms with Gasteiger partial charge in [-0.15, -0.1) is 0 Å². The maximum absolute atomic E-state index is 10.7. The van der Waals surface area contributed by atoms with Gasteiger partial charge in [0.15, 0.2) is 0 Å². The average molecular weight is 291 g/mol. The van der Waals surface area contributed by atoms with Crippen molar-refractivity contribution in [3.05, 3.63) is 59.8 Å². The third-order valence-electron chi connectivity index (χ3n) is 2.46. The van der Waals surface area contributed by atoms with Gasteiger partial charge in [-0.05, 0) is 47.0 Å². The summed E-state index contributed by atoms with van der Waals surface area (Å²) >= 11 is 0. The van der Waals surface area contributed by atoms with Gasteiger partial charge in [0, 0.05) is 11.9 Å². The molecule has 2 aromatic rings. The minimum Gasteiger partial charge on any atom is -0.478 e. The minimum absolute atomic E-state index is 0.333. The van der Waals surface area contributed by atoms with Crippen LogP contribution >= 0.6 is 21.6 Å². The summed E-state index contributed by atoms with van der Waals surface area (Å²) in [6, 6.07) is 12.9. The number of carboxylic acid groups (broad SMARTS) is 1. The SMILES string of the molecule is O=C(O)c1ccc(CCSSc2ccccn2)cc1. The first-order chi connectivity index (χ1) is 9.25. The normalized spacial score (nSPS) is 10.3. The van der Waals surface area contributed by atoms with Crippen LogP contribution in [-0.2, 0) is 6.42 Å². The number of hydrogen-bond donors (Lipinski definition) is 1. The van der Waals surface area contributed by atoms with E-state index < -0.39 is 5.97 Å². The summed E-state index contributed by atoms with van der Waals surface area (Å²) in [7, 11) is 3.41. The lowest BCUT2D eigenvalue weighted by Crippen LogP contribution is -1.96. The van der Waals surface area contributed by atoms with Crippen molar-refractivity contribution in [3.8, 4) is 0 Å². The van der Waals surface area contributed by atoms with Crippen LogP contribution in [0.4, 0.5) is 0 Å². The zero-order chi connectivity index (χ0) is 13.5. The second kappa shape index (κ2) is 7.21. The molecule has 0 fully saturated rings. The van der Waals surface area contributed by atoms with E-state index in [9.17, 15) is 4.79 Å². The molecular formula is C14H13NO2S2. The van der Waals surface area contributed by atoms with Gasteiger partial charge in [0.1, 0.15) is 5.03 Å². The Hall–Kier alpha value is -1.46. The highest BCUT2D eigenvalue weighted by Crippen LogP contribution is 2.29. The standard InChI is InChI=1S/C14H13NO2S2/c16-14(17)12-6-4-11(5-7-12)8-10-18-19-13-3-1-2-9-15-13/h1-7,9H,8,10H2,(H,16,17). The van der Waals surface area contributed by atoms with Gasteiger partial charge in [-0.3, -0.25) is 0 Å². The second-order valence-electron chi connectivity index (χ2n) is 3.83. The van der Waals surface area contributed by atoms with E-state index in [4.69, 9.17) is 5.11 Å². The van der Waals surface area contributed by atoms with Crippen LogP contribution in [0.25, 0.3) is 0 Å². The van der Waals surface area contributed by atoms with Gasteiger partial charge in [0.05, 0.1) is 5.56 Å². The molecule has 3 nitrogen and oxygen atoms in total. The summed E-state index contributed by atoms with van der Waals surface area (Å²) in [6.07, 6.45) is 2.71. The van der Waals surface area contributed by atoms with Crippen molar-refractivity contribution in [2.24, 2.45) is 0 Å². The molecule has 98 valence electrons. The first-order valence-corrected chi connectivity index (χ1v) is 8.10. The van der Waals surface area contributed by atoms with Gasteiger partial charge in [0.2, 0.25) is 0 Å².